The molecule has 4 nitrogen and oxygen atoms in total. The van der Waals surface area contributed by atoms with Gasteiger partial charge in [-0.1, -0.05) is 0 Å². The van der Waals surface area contributed by atoms with Crippen molar-refractivity contribution in [3.8, 4) is 11.5 Å². The largest absolute Gasteiger partial charge is 0.493 e. The molecule has 0 aliphatic heterocycles. The van der Waals surface area contributed by atoms with E-state index in [1.165, 1.54) is 20.0 Å². The highest BCUT2D eigenvalue weighted by atomic mass is 16.5. The van der Waals surface area contributed by atoms with Crippen LogP contribution in [-0.4, -0.2) is 26.3 Å². The maximum atomic E-state index is 11.4. The Kier molecular flexibility index (Phi) is 4.07. The normalized spacial score (nSPS) is 15.4. The van der Waals surface area contributed by atoms with Crippen LogP contribution in [0.25, 0.3) is 0 Å². The number of benzene rings is 1. The zero-order valence-corrected chi connectivity index (χ0v) is 10.8. The number of carbonyl (C=O) groups is 1. The maximum Gasteiger partial charge on any atom is 0.337 e. The lowest BCUT2D eigenvalue weighted by atomic mass is 10.2. The van der Waals surface area contributed by atoms with Crippen molar-refractivity contribution in [2.75, 3.05) is 14.2 Å². The number of carbonyl (C=O) groups excluding carboxylic acids is 1. The van der Waals surface area contributed by atoms with E-state index >= 15 is 0 Å². The van der Waals surface area contributed by atoms with E-state index in [-0.39, 0.29) is 12.1 Å². The first-order valence-corrected chi connectivity index (χ1v) is 6.17. The Balaban J connectivity index is 2.17. The van der Waals surface area contributed by atoms with E-state index in [1.54, 1.807) is 25.3 Å². The van der Waals surface area contributed by atoms with Crippen molar-refractivity contribution in [1.29, 1.82) is 0 Å². The molecule has 98 valence electrons. The minimum absolute atomic E-state index is 0.267. The topological polar surface area (TPSA) is 44.8 Å². The Hall–Kier alpha value is -1.71. The highest BCUT2D eigenvalue weighted by Gasteiger charge is 2.19. The van der Waals surface area contributed by atoms with Crippen LogP contribution in [0.4, 0.5) is 0 Å². The van der Waals surface area contributed by atoms with Gasteiger partial charge in [-0.25, -0.2) is 4.79 Å². The summed E-state index contributed by atoms with van der Waals surface area (Å²) in [5, 5.41) is 0. The van der Waals surface area contributed by atoms with E-state index in [1.807, 2.05) is 0 Å². The molecule has 0 spiro atoms. The second-order valence-electron chi connectivity index (χ2n) is 4.38. The highest BCUT2D eigenvalue weighted by Crippen LogP contribution is 2.32. The van der Waals surface area contributed by atoms with E-state index in [2.05, 4.69) is 4.74 Å². The lowest BCUT2D eigenvalue weighted by Crippen LogP contribution is -2.12. The van der Waals surface area contributed by atoms with E-state index in [9.17, 15) is 4.79 Å². The summed E-state index contributed by atoms with van der Waals surface area (Å²) in [4.78, 5) is 11.4. The second kappa shape index (κ2) is 5.76. The monoisotopic (exact) mass is 250 g/mol. The maximum absolute atomic E-state index is 11.4. The zero-order valence-electron chi connectivity index (χ0n) is 10.8. The number of ether oxygens (including phenoxy) is 3. The third kappa shape index (κ3) is 2.75. The fourth-order valence-corrected chi connectivity index (χ4v) is 2.20. The molecule has 0 radical (unpaired) electrons. The second-order valence-corrected chi connectivity index (χ2v) is 4.38. The number of methoxy groups -OCH3 is 2. The summed E-state index contributed by atoms with van der Waals surface area (Å²) in [5.41, 5.74) is 0.466. The average molecular weight is 250 g/mol. The Morgan fingerprint density at radius 3 is 2.50 bits per heavy atom. The summed E-state index contributed by atoms with van der Waals surface area (Å²) >= 11 is 0. The molecular formula is C14H18O4. The first-order chi connectivity index (χ1) is 8.74. The van der Waals surface area contributed by atoms with E-state index in [4.69, 9.17) is 9.47 Å². The smallest absolute Gasteiger partial charge is 0.337 e. The molecule has 0 unspecified atom stereocenters. The van der Waals surface area contributed by atoms with E-state index in [0.717, 1.165) is 12.8 Å². The summed E-state index contributed by atoms with van der Waals surface area (Å²) in [6, 6.07) is 5.11. The van der Waals surface area contributed by atoms with Gasteiger partial charge in [-0.2, -0.15) is 0 Å². The van der Waals surface area contributed by atoms with Gasteiger partial charge in [0.2, 0.25) is 0 Å². The van der Waals surface area contributed by atoms with Gasteiger partial charge < -0.3 is 14.2 Å². The summed E-state index contributed by atoms with van der Waals surface area (Å²) in [6.45, 7) is 0. The van der Waals surface area contributed by atoms with Crippen molar-refractivity contribution in [3.63, 3.8) is 0 Å². The van der Waals surface area contributed by atoms with Crippen LogP contribution in [0, 0.1) is 0 Å². The molecule has 0 N–H and O–H groups in total. The summed E-state index contributed by atoms with van der Waals surface area (Å²) in [6.07, 6.45) is 4.87. The molecule has 2 rings (SSSR count). The molecule has 0 amide bonds. The Labute approximate surface area is 107 Å². The van der Waals surface area contributed by atoms with Gasteiger partial charge in [0, 0.05) is 0 Å². The predicted octanol–water partition coefficient (Wildman–Crippen LogP) is 2.80. The lowest BCUT2D eigenvalue weighted by molar-refractivity contribution is 0.0600. The van der Waals surface area contributed by atoms with Gasteiger partial charge in [0.25, 0.3) is 0 Å². The average Bonchev–Trinajstić information content (AvgIpc) is 2.91. The molecule has 18 heavy (non-hydrogen) atoms. The van der Waals surface area contributed by atoms with Crippen LogP contribution >= 0.6 is 0 Å². The Bertz CT molecular complexity index is 422. The molecule has 0 heterocycles. The third-order valence-corrected chi connectivity index (χ3v) is 3.18. The summed E-state index contributed by atoms with van der Waals surface area (Å²) in [7, 11) is 2.93. The first-order valence-electron chi connectivity index (χ1n) is 6.17. The molecule has 1 saturated carbocycles. The van der Waals surface area contributed by atoms with Gasteiger partial charge in [-0.3, -0.25) is 0 Å². The molecule has 0 atom stereocenters. The molecule has 0 saturated heterocycles. The number of hydrogen-bond acceptors (Lipinski definition) is 4. The molecule has 1 aromatic rings. The molecule has 0 bridgehead atoms. The standard InChI is InChI=1S/C14H18O4/c1-16-13-9-10(14(15)17-2)7-8-12(13)18-11-5-3-4-6-11/h7-9,11H,3-6H2,1-2H3. The SMILES string of the molecule is COC(=O)c1ccc(OC2CCCC2)c(OC)c1. The third-order valence-electron chi connectivity index (χ3n) is 3.18. The van der Waals surface area contributed by atoms with Crippen LogP contribution in [0.1, 0.15) is 36.0 Å². The molecule has 1 aliphatic carbocycles. The minimum Gasteiger partial charge on any atom is -0.493 e. The van der Waals surface area contributed by atoms with Crippen LogP contribution in [0.5, 0.6) is 11.5 Å². The lowest BCUT2D eigenvalue weighted by Gasteiger charge is -2.16. The van der Waals surface area contributed by atoms with Gasteiger partial charge in [-0.05, 0) is 43.9 Å². The van der Waals surface area contributed by atoms with E-state index in [0.29, 0.717) is 17.1 Å². The van der Waals surface area contributed by atoms with Gasteiger partial charge in [0.05, 0.1) is 25.9 Å². The first kappa shape index (κ1) is 12.7. The van der Waals surface area contributed by atoms with E-state index < -0.39 is 0 Å². The Morgan fingerprint density at radius 1 is 1.17 bits per heavy atom. The van der Waals surface area contributed by atoms with Crippen molar-refractivity contribution in [1.82, 2.24) is 0 Å². The van der Waals surface area contributed by atoms with Gasteiger partial charge in [0.15, 0.2) is 11.5 Å². The fourth-order valence-electron chi connectivity index (χ4n) is 2.20. The van der Waals surface area contributed by atoms with Gasteiger partial charge >= 0.3 is 5.97 Å². The predicted molar refractivity (Wildman–Crippen MR) is 67.2 cm³/mol. The fraction of sp³-hybridized carbons (Fsp3) is 0.500. The van der Waals surface area contributed by atoms with Crippen LogP contribution in [0.15, 0.2) is 18.2 Å². The highest BCUT2D eigenvalue weighted by molar-refractivity contribution is 5.90. The molecule has 1 aromatic carbocycles. The summed E-state index contributed by atoms with van der Waals surface area (Å²) in [5.74, 6) is 0.891. The molecule has 1 aliphatic rings. The number of esters is 1. The summed E-state index contributed by atoms with van der Waals surface area (Å²) < 4.78 is 15.8. The Morgan fingerprint density at radius 2 is 1.89 bits per heavy atom. The van der Waals surface area contributed by atoms with Crippen molar-refractivity contribution >= 4 is 5.97 Å². The van der Waals surface area contributed by atoms with Crippen LogP contribution in [0.2, 0.25) is 0 Å². The zero-order chi connectivity index (χ0) is 13.0. The van der Waals surface area contributed by atoms with Crippen molar-refractivity contribution < 1.29 is 19.0 Å². The van der Waals surface area contributed by atoms with Crippen LogP contribution in [0.3, 0.4) is 0 Å². The molecule has 4 heteroatoms. The minimum atomic E-state index is -0.374. The van der Waals surface area contributed by atoms with Crippen molar-refractivity contribution in [2.24, 2.45) is 0 Å². The number of hydrogen-bond donors (Lipinski definition) is 0. The number of rotatable bonds is 4. The molecule has 0 aromatic heterocycles. The molecule has 1 fully saturated rings. The molecular weight excluding hydrogens is 232 g/mol. The van der Waals surface area contributed by atoms with Crippen molar-refractivity contribution in [3.05, 3.63) is 23.8 Å². The van der Waals surface area contributed by atoms with Crippen LogP contribution in [-0.2, 0) is 4.74 Å². The van der Waals surface area contributed by atoms with Crippen molar-refractivity contribution in [2.45, 2.75) is 31.8 Å². The van der Waals surface area contributed by atoms with Gasteiger partial charge in [-0.15, -0.1) is 0 Å². The quantitative estimate of drug-likeness (QED) is 0.771. The van der Waals surface area contributed by atoms with Gasteiger partial charge in [0.1, 0.15) is 0 Å². The van der Waals surface area contributed by atoms with Crippen LogP contribution < -0.4 is 9.47 Å².